The van der Waals surface area contributed by atoms with Gasteiger partial charge < -0.3 is 14.9 Å². The van der Waals surface area contributed by atoms with E-state index in [0.29, 0.717) is 0 Å². The fourth-order valence-electron chi connectivity index (χ4n) is 1.91. The van der Waals surface area contributed by atoms with E-state index in [-0.39, 0.29) is 18.6 Å². The standard InChI is InChI=1S/C12H24N4O3/c1-4-10(2)16(9-11(17)18)12(19)13-15-7-5-14(3)6-8-15/h10H,4-9H2,1-3H3,(H,13,19)(H,17,18). The number of hydrogen-bond acceptors (Lipinski definition) is 4. The summed E-state index contributed by atoms with van der Waals surface area (Å²) in [6, 6.07) is -0.426. The van der Waals surface area contributed by atoms with Crippen LogP contribution in [-0.2, 0) is 4.79 Å². The molecule has 1 heterocycles. The van der Waals surface area contributed by atoms with Gasteiger partial charge in [0.25, 0.3) is 0 Å². The number of carbonyl (C=O) groups is 2. The predicted octanol–water partition coefficient (Wildman–Crippen LogP) is 0.0435. The molecule has 1 unspecified atom stereocenters. The van der Waals surface area contributed by atoms with Crippen LogP contribution in [0.2, 0.25) is 0 Å². The molecule has 0 spiro atoms. The Labute approximate surface area is 114 Å². The van der Waals surface area contributed by atoms with E-state index in [9.17, 15) is 9.59 Å². The Hall–Kier alpha value is -1.34. The second-order valence-electron chi connectivity index (χ2n) is 4.99. The van der Waals surface area contributed by atoms with Gasteiger partial charge in [0.1, 0.15) is 6.54 Å². The minimum absolute atomic E-state index is 0.0939. The third-order valence-electron chi connectivity index (χ3n) is 3.45. The average molecular weight is 272 g/mol. The fourth-order valence-corrected chi connectivity index (χ4v) is 1.91. The van der Waals surface area contributed by atoms with Crippen molar-refractivity contribution < 1.29 is 14.7 Å². The first kappa shape index (κ1) is 15.7. The Bertz CT molecular complexity index is 316. The van der Waals surface area contributed by atoms with E-state index in [1.54, 1.807) is 0 Å². The third-order valence-corrected chi connectivity index (χ3v) is 3.45. The largest absolute Gasteiger partial charge is 0.480 e. The number of carboxylic acids is 1. The normalized spacial score (nSPS) is 18.9. The van der Waals surface area contributed by atoms with E-state index in [2.05, 4.69) is 10.3 Å². The highest BCUT2D eigenvalue weighted by atomic mass is 16.4. The number of nitrogens with zero attached hydrogens (tertiary/aromatic N) is 3. The zero-order chi connectivity index (χ0) is 14.4. The predicted molar refractivity (Wildman–Crippen MR) is 71.7 cm³/mol. The van der Waals surface area contributed by atoms with Crippen molar-refractivity contribution >= 4 is 12.0 Å². The zero-order valence-electron chi connectivity index (χ0n) is 11.9. The highest BCUT2D eigenvalue weighted by molar-refractivity contribution is 5.80. The molecule has 0 radical (unpaired) electrons. The SMILES string of the molecule is CCC(C)N(CC(=O)O)C(=O)NN1CCN(C)CC1. The highest BCUT2D eigenvalue weighted by Crippen LogP contribution is 2.05. The second kappa shape index (κ2) is 7.30. The van der Waals surface area contributed by atoms with Crippen LogP contribution in [0.3, 0.4) is 0 Å². The molecule has 1 aliphatic rings. The van der Waals surface area contributed by atoms with E-state index in [1.807, 2.05) is 25.9 Å². The van der Waals surface area contributed by atoms with Gasteiger partial charge in [-0.15, -0.1) is 0 Å². The number of carboxylic acid groups (broad SMARTS) is 1. The topological polar surface area (TPSA) is 76.1 Å². The maximum Gasteiger partial charge on any atom is 0.332 e. The number of hydrogen-bond donors (Lipinski definition) is 2. The molecule has 0 aromatic rings. The summed E-state index contributed by atoms with van der Waals surface area (Å²) in [7, 11) is 2.04. The molecular weight excluding hydrogens is 248 g/mol. The highest BCUT2D eigenvalue weighted by Gasteiger charge is 2.24. The van der Waals surface area contributed by atoms with E-state index >= 15 is 0 Å². The second-order valence-corrected chi connectivity index (χ2v) is 4.99. The zero-order valence-corrected chi connectivity index (χ0v) is 11.9. The molecule has 1 rings (SSSR count). The van der Waals surface area contributed by atoms with Gasteiger partial charge in [-0.3, -0.25) is 10.2 Å². The van der Waals surface area contributed by atoms with Crippen LogP contribution in [0.5, 0.6) is 0 Å². The maximum absolute atomic E-state index is 12.1. The first-order valence-corrected chi connectivity index (χ1v) is 6.66. The lowest BCUT2D eigenvalue weighted by molar-refractivity contribution is -0.138. The van der Waals surface area contributed by atoms with Crippen LogP contribution in [0.4, 0.5) is 4.79 Å². The maximum atomic E-state index is 12.1. The summed E-state index contributed by atoms with van der Waals surface area (Å²) >= 11 is 0. The monoisotopic (exact) mass is 272 g/mol. The van der Waals surface area contributed by atoms with Gasteiger partial charge >= 0.3 is 12.0 Å². The van der Waals surface area contributed by atoms with Crippen molar-refractivity contribution in [2.75, 3.05) is 39.8 Å². The number of hydrazine groups is 1. The van der Waals surface area contributed by atoms with E-state index < -0.39 is 5.97 Å². The summed E-state index contributed by atoms with van der Waals surface area (Å²) in [5, 5.41) is 10.7. The molecule has 1 saturated heterocycles. The minimum atomic E-state index is -0.992. The number of rotatable bonds is 5. The summed E-state index contributed by atoms with van der Waals surface area (Å²) in [6.07, 6.45) is 0.726. The average Bonchev–Trinajstić information content (AvgIpc) is 2.37. The summed E-state index contributed by atoms with van der Waals surface area (Å²) in [5.74, 6) is -0.992. The molecule has 19 heavy (non-hydrogen) atoms. The molecule has 1 fully saturated rings. The minimum Gasteiger partial charge on any atom is -0.480 e. The van der Waals surface area contributed by atoms with Gasteiger partial charge in [0.2, 0.25) is 0 Å². The van der Waals surface area contributed by atoms with Crippen LogP contribution in [0.1, 0.15) is 20.3 Å². The Morgan fingerprint density at radius 1 is 1.32 bits per heavy atom. The smallest absolute Gasteiger partial charge is 0.332 e. The Morgan fingerprint density at radius 3 is 2.37 bits per heavy atom. The first-order chi connectivity index (χ1) is 8.93. The van der Waals surface area contributed by atoms with Crippen molar-refractivity contribution in [3.63, 3.8) is 0 Å². The molecule has 7 nitrogen and oxygen atoms in total. The van der Waals surface area contributed by atoms with Crippen LogP contribution < -0.4 is 5.43 Å². The third kappa shape index (κ3) is 5.04. The Morgan fingerprint density at radius 2 is 1.89 bits per heavy atom. The molecule has 2 amide bonds. The van der Waals surface area contributed by atoms with Crippen molar-refractivity contribution in [3.8, 4) is 0 Å². The van der Waals surface area contributed by atoms with Gasteiger partial charge in [0.15, 0.2) is 0 Å². The quantitative estimate of drug-likeness (QED) is 0.739. The van der Waals surface area contributed by atoms with Crippen molar-refractivity contribution in [2.45, 2.75) is 26.3 Å². The van der Waals surface area contributed by atoms with Gasteiger partial charge in [-0.05, 0) is 20.4 Å². The van der Waals surface area contributed by atoms with E-state index in [1.165, 1.54) is 4.90 Å². The van der Waals surface area contributed by atoms with Gasteiger partial charge in [-0.1, -0.05) is 6.92 Å². The molecule has 0 saturated carbocycles. The van der Waals surface area contributed by atoms with Gasteiger partial charge in [-0.2, -0.15) is 0 Å². The Kier molecular flexibility index (Phi) is 6.04. The van der Waals surface area contributed by atoms with Crippen molar-refractivity contribution in [1.82, 2.24) is 20.2 Å². The fraction of sp³-hybridized carbons (Fsp3) is 0.833. The molecule has 0 aliphatic carbocycles. The summed E-state index contributed by atoms with van der Waals surface area (Å²) in [5.41, 5.74) is 2.79. The molecule has 1 aliphatic heterocycles. The van der Waals surface area contributed by atoms with Crippen molar-refractivity contribution in [2.24, 2.45) is 0 Å². The van der Waals surface area contributed by atoms with E-state index in [4.69, 9.17) is 5.11 Å². The Balaban J connectivity index is 2.53. The molecule has 2 N–H and O–H groups in total. The van der Waals surface area contributed by atoms with Crippen LogP contribution in [0.15, 0.2) is 0 Å². The molecule has 1 atom stereocenters. The molecule has 0 aromatic heterocycles. The number of piperazine rings is 1. The van der Waals surface area contributed by atoms with Gasteiger partial charge in [0, 0.05) is 32.2 Å². The van der Waals surface area contributed by atoms with Gasteiger partial charge in [-0.25, -0.2) is 9.80 Å². The van der Waals surface area contributed by atoms with Crippen LogP contribution in [0, 0.1) is 0 Å². The van der Waals surface area contributed by atoms with Gasteiger partial charge in [0.05, 0.1) is 0 Å². The first-order valence-electron chi connectivity index (χ1n) is 6.66. The lowest BCUT2D eigenvalue weighted by Gasteiger charge is -2.35. The molecule has 0 aromatic carbocycles. The summed E-state index contributed by atoms with van der Waals surface area (Å²) < 4.78 is 0. The number of likely N-dealkylation sites (N-methyl/N-ethyl adjacent to an activating group) is 1. The molecular formula is C12H24N4O3. The van der Waals surface area contributed by atoms with Crippen LogP contribution in [-0.4, -0.2) is 77.7 Å². The lowest BCUT2D eigenvalue weighted by atomic mass is 10.2. The number of urea groups is 1. The van der Waals surface area contributed by atoms with Crippen molar-refractivity contribution in [3.05, 3.63) is 0 Å². The van der Waals surface area contributed by atoms with Crippen molar-refractivity contribution in [1.29, 1.82) is 0 Å². The number of aliphatic carboxylic acids is 1. The van der Waals surface area contributed by atoms with Crippen LogP contribution in [0.25, 0.3) is 0 Å². The molecule has 110 valence electrons. The number of amides is 2. The number of nitrogens with one attached hydrogen (secondary N) is 1. The van der Waals surface area contributed by atoms with Crippen LogP contribution >= 0.6 is 0 Å². The van der Waals surface area contributed by atoms with E-state index in [0.717, 1.165) is 32.6 Å². The lowest BCUT2D eigenvalue weighted by Crippen LogP contribution is -2.57. The summed E-state index contributed by atoms with van der Waals surface area (Å²) in [6.45, 7) is 6.81. The number of carbonyl (C=O) groups excluding carboxylic acids is 1. The molecule has 0 bridgehead atoms. The molecule has 7 heteroatoms. The summed E-state index contributed by atoms with van der Waals surface area (Å²) in [4.78, 5) is 26.5.